The second-order valence-corrected chi connectivity index (χ2v) is 7.95. The van der Waals surface area contributed by atoms with Gasteiger partial charge >= 0.3 is 6.03 Å². The number of carbonyl (C=O) groups is 2. The van der Waals surface area contributed by atoms with Gasteiger partial charge in [0.1, 0.15) is 0 Å². The van der Waals surface area contributed by atoms with Crippen LogP contribution < -0.4 is 10.2 Å². The van der Waals surface area contributed by atoms with Crippen LogP contribution in [-0.2, 0) is 6.54 Å². The van der Waals surface area contributed by atoms with E-state index in [4.69, 9.17) is 0 Å². The summed E-state index contributed by atoms with van der Waals surface area (Å²) in [7, 11) is 1.60. The van der Waals surface area contributed by atoms with Crippen LogP contribution in [0, 0.1) is 13.8 Å². The fraction of sp³-hybridized carbons (Fsp3) is 0.300. The molecule has 4 rings (SSSR count). The van der Waals surface area contributed by atoms with Crippen LogP contribution >= 0.6 is 11.3 Å². The topological polar surface area (TPSA) is 94.2 Å². The van der Waals surface area contributed by atoms with Crippen molar-refractivity contribution in [3.05, 3.63) is 52.8 Å². The van der Waals surface area contributed by atoms with E-state index in [1.807, 2.05) is 38.1 Å². The van der Waals surface area contributed by atoms with Crippen molar-refractivity contribution in [2.75, 3.05) is 25.0 Å². The van der Waals surface area contributed by atoms with Gasteiger partial charge in [0.15, 0.2) is 5.13 Å². The van der Waals surface area contributed by atoms with Crippen LogP contribution in [0.25, 0.3) is 10.6 Å². The minimum Gasteiger partial charge on any atom is -0.355 e. The highest BCUT2D eigenvalue weighted by atomic mass is 32.1. The van der Waals surface area contributed by atoms with Gasteiger partial charge in [-0.1, -0.05) is 23.5 Å². The van der Waals surface area contributed by atoms with E-state index in [9.17, 15) is 9.59 Å². The molecule has 3 aromatic rings. The summed E-state index contributed by atoms with van der Waals surface area (Å²) >= 11 is 1.49. The molecule has 3 amide bonds. The lowest BCUT2D eigenvalue weighted by Crippen LogP contribution is -2.31. The van der Waals surface area contributed by atoms with E-state index in [2.05, 4.69) is 20.5 Å². The van der Waals surface area contributed by atoms with Crippen molar-refractivity contribution in [2.45, 2.75) is 20.4 Å². The van der Waals surface area contributed by atoms with Gasteiger partial charge in [0, 0.05) is 32.2 Å². The smallest absolute Gasteiger partial charge is 0.326 e. The van der Waals surface area contributed by atoms with Crippen molar-refractivity contribution in [3.63, 3.8) is 0 Å². The highest BCUT2D eigenvalue weighted by Crippen LogP contribution is 2.35. The number of benzene rings is 1. The van der Waals surface area contributed by atoms with Gasteiger partial charge in [0.2, 0.25) is 0 Å². The number of carbonyl (C=O) groups excluding carboxylic acids is 2. The molecular formula is C20H22N6O2S. The quantitative estimate of drug-likeness (QED) is 0.676. The number of amides is 3. The summed E-state index contributed by atoms with van der Waals surface area (Å²) in [6.45, 7) is 5.52. The Morgan fingerprint density at radius 2 is 2.10 bits per heavy atom. The molecule has 1 aromatic carbocycles. The monoisotopic (exact) mass is 410 g/mol. The molecule has 0 radical (unpaired) electrons. The average molecular weight is 411 g/mol. The second kappa shape index (κ2) is 7.67. The highest BCUT2D eigenvalue weighted by molar-refractivity contribution is 7.19. The Morgan fingerprint density at radius 1 is 1.28 bits per heavy atom. The third-order valence-corrected chi connectivity index (χ3v) is 6.07. The van der Waals surface area contributed by atoms with E-state index < -0.39 is 0 Å². The fourth-order valence-corrected chi connectivity index (χ4v) is 4.42. The Labute approximate surface area is 172 Å². The number of nitrogens with zero attached hydrogens (tertiary/aromatic N) is 4. The highest BCUT2D eigenvalue weighted by Gasteiger charge is 2.32. The van der Waals surface area contributed by atoms with E-state index in [0.717, 1.165) is 27.5 Å². The molecule has 2 aromatic heterocycles. The normalized spacial score (nSPS) is 14.0. The van der Waals surface area contributed by atoms with Crippen molar-refractivity contribution in [3.8, 4) is 10.6 Å². The summed E-state index contributed by atoms with van der Waals surface area (Å²) in [5.74, 6) is -0.138. The first-order valence-corrected chi connectivity index (χ1v) is 10.1. The van der Waals surface area contributed by atoms with Crippen LogP contribution in [0.1, 0.15) is 27.3 Å². The van der Waals surface area contributed by atoms with Crippen LogP contribution in [0.2, 0.25) is 0 Å². The van der Waals surface area contributed by atoms with E-state index >= 15 is 0 Å². The van der Waals surface area contributed by atoms with E-state index in [1.165, 1.54) is 11.3 Å². The Bertz CT molecular complexity index is 1070. The minimum absolute atomic E-state index is 0.0727. The summed E-state index contributed by atoms with van der Waals surface area (Å²) < 4.78 is 0. The fourth-order valence-electron chi connectivity index (χ4n) is 3.37. The average Bonchev–Trinajstić information content (AvgIpc) is 3.41. The first-order valence-electron chi connectivity index (χ1n) is 9.33. The molecule has 0 saturated carbocycles. The Hall–Kier alpha value is -3.20. The van der Waals surface area contributed by atoms with E-state index in [0.29, 0.717) is 30.3 Å². The lowest BCUT2D eigenvalue weighted by Gasteiger charge is -2.17. The van der Waals surface area contributed by atoms with Crippen LogP contribution in [0.4, 0.5) is 9.93 Å². The summed E-state index contributed by atoms with van der Waals surface area (Å²) in [4.78, 5) is 33.9. The summed E-state index contributed by atoms with van der Waals surface area (Å²) in [6.07, 6.45) is 0. The maximum absolute atomic E-state index is 13.0. The Kier molecular flexibility index (Phi) is 5.06. The van der Waals surface area contributed by atoms with Crippen molar-refractivity contribution in [1.29, 1.82) is 0 Å². The number of hydrogen-bond acceptors (Lipinski definition) is 5. The molecule has 1 aliphatic rings. The molecule has 1 fully saturated rings. The zero-order valence-corrected chi connectivity index (χ0v) is 17.3. The molecule has 1 aliphatic heterocycles. The van der Waals surface area contributed by atoms with Crippen molar-refractivity contribution in [1.82, 2.24) is 25.4 Å². The molecule has 0 unspecified atom stereocenters. The predicted octanol–water partition coefficient (Wildman–Crippen LogP) is 2.95. The molecule has 3 heterocycles. The number of aromatic nitrogens is 3. The number of rotatable bonds is 5. The Morgan fingerprint density at radius 3 is 2.83 bits per heavy atom. The van der Waals surface area contributed by atoms with Gasteiger partial charge in [-0.3, -0.25) is 14.8 Å². The van der Waals surface area contributed by atoms with Crippen LogP contribution in [0.5, 0.6) is 0 Å². The lowest BCUT2D eigenvalue weighted by atomic mass is 10.1. The standard InChI is InChI=1S/C20H22N6O2S/c1-12-9-16(24-23-12)17-13(2)22-19(29-17)26-8-7-25(20(26)28)11-14-5-4-6-15(10-14)18(27)21-3/h4-6,9-10H,7-8,11H2,1-3H3,(H,21,27)(H,23,24). The second-order valence-electron chi connectivity index (χ2n) is 6.97. The van der Waals surface area contributed by atoms with Gasteiger partial charge < -0.3 is 10.2 Å². The molecule has 1 saturated heterocycles. The number of anilines is 1. The molecule has 0 atom stereocenters. The van der Waals surface area contributed by atoms with Gasteiger partial charge in [-0.15, -0.1) is 0 Å². The number of aryl methyl sites for hydroxylation is 2. The van der Waals surface area contributed by atoms with Crippen LogP contribution in [0.3, 0.4) is 0 Å². The molecule has 8 nitrogen and oxygen atoms in total. The van der Waals surface area contributed by atoms with Crippen molar-refractivity contribution >= 4 is 28.4 Å². The predicted molar refractivity (Wildman–Crippen MR) is 112 cm³/mol. The van der Waals surface area contributed by atoms with Gasteiger partial charge in [-0.25, -0.2) is 9.78 Å². The molecule has 0 aliphatic carbocycles. The molecule has 0 bridgehead atoms. The van der Waals surface area contributed by atoms with E-state index in [-0.39, 0.29) is 11.9 Å². The number of hydrogen-bond donors (Lipinski definition) is 2. The van der Waals surface area contributed by atoms with Crippen molar-refractivity contribution < 1.29 is 9.59 Å². The molecular weight excluding hydrogens is 388 g/mol. The Balaban J connectivity index is 1.50. The summed E-state index contributed by atoms with van der Waals surface area (Å²) in [5.41, 5.74) is 4.21. The zero-order valence-electron chi connectivity index (χ0n) is 16.5. The summed E-state index contributed by atoms with van der Waals surface area (Å²) in [5, 5.41) is 10.5. The molecule has 29 heavy (non-hydrogen) atoms. The van der Waals surface area contributed by atoms with E-state index in [1.54, 1.807) is 22.9 Å². The zero-order chi connectivity index (χ0) is 20.5. The molecule has 0 spiro atoms. The molecule has 150 valence electrons. The van der Waals surface area contributed by atoms with Gasteiger partial charge in [-0.05, 0) is 37.6 Å². The number of urea groups is 1. The van der Waals surface area contributed by atoms with Crippen LogP contribution in [-0.4, -0.2) is 52.2 Å². The largest absolute Gasteiger partial charge is 0.355 e. The lowest BCUT2D eigenvalue weighted by molar-refractivity contribution is 0.0963. The SMILES string of the molecule is CNC(=O)c1cccc(CN2CCN(c3nc(C)c(-c4cc(C)n[nH]4)s3)C2=O)c1. The number of thiazole rings is 1. The third-order valence-electron chi connectivity index (χ3n) is 4.85. The van der Waals surface area contributed by atoms with Gasteiger partial charge in [-0.2, -0.15) is 5.10 Å². The number of nitrogens with one attached hydrogen (secondary N) is 2. The minimum atomic E-state index is -0.138. The number of aromatic amines is 1. The van der Waals surface area contributed by atoms with Gasteiger partial charge in [0.25, 0.3) is 5.91 Å². The first kappa shape index (κ1) is 19.1. The maximum Gasteiger partial charge on any atom is 0.326 e. The van der Waals surface area contributed by atoms with Gasteiger partial charge in [0.05, 0.1) is 22.0 Å². The maximum atomic E-state index is 13.0. The van der Waals surface area contributed by atoms with Crippen molar-refractivity contribution in [2.24, 2.45) is 0 Å². The number of H-pyrrole nitrogens is 1. The third kappa shape index (κ3) is 3.73. The molecule has 9 heteroatoms. The first-order chi connectivity index (χ1) is 14.0. The van der Waals surface area contributed by atoms with Crippen LogP contribution in [0.15, 0.2) is 30.3 Å². The molecule has 2 N–H and O–H groups in total. The summed E-state index contributed by atoms with van der Waals surface area (Å²) in [6, 6.07) is 9.24.